The van der Waals surface area contributed by atoms with Gasteiger partial charge >= 0.3 is 6.03 Å². The molecule has 0 heterocycles. The van der Waals surface area contributed by atoms with Gasteiger partial charge in [-0.1, -0.05) is 34.1 Å². The van der Waals surface area contributed by atoms with E-state index in [2.05, 4.69) is 31.9 Å². The van der Waals surface area contributed by atoms with Crippen molar-refractivity contribution in [3.63, 3.8) is 0 Å². The number of halogens is 1. The Labute approximate surface area is 137 Å². The van der Waals surface area contributed by atoms with Gasteiger partial charge in [0.1, 0.15) is 0 Å². The van der Waals surface area contributed by atoms with Gasteiger partial charge in [0.25, 0.3) is 0 Å². The Morgan fingerprint density at radius 1 is 1.00 bits per heavy atom. The number of carbonyl (C=O) groups is 2. The van der Waals surface area contributed by atoms with Crippen LogP contribution in [0.3, 0.4) is 0 Å². The fraction of sp³-hybridized carbons (Fsp3) is 0.125. The van der Waals surface area contributed by atoms with Crippen LogP contribution < -0.4 is 16.0 Å². The number of hydrogen-bond acceptors (Lipinski definition) is 2. The van der Waals surface area contributed by atoms with E-state index in [-0.39, 0.29) is 11.9 Å². The van der Waals surface area contributed by atoms with Gasteiger partial charge in [0.2, 0.25) is 5.91 Å². The van der Waals surface area contributed by atoms with Gasteiger partial charge in [-0.3, -0.25) is 4.79 Å². The Morgan fingerprint density at radius 3 is 2.27 bits per heavy atom. The number of nitrogens with one attached hydrogen (secondary N) is 3. The highest BCUT2D eigenvalue weighted by Gasteiger charge is 2.05. The molecule has 3 amide bonds. The molecule has 2 aromatic carbocycles. The second-order valence-electron chi connectivity index (χ2n) is 4.64. The smallest absolute Gasteiger partial charge is 0.318 e. The summed E-state index contributed by atoms with van der Waals surface area (Å²) >= 11 is 3.36. The fourth-order valence-electron chi connectivity index (χ4n) is 1.86. The van der Waals surface area contributed by atoms with Gasteiger partial charge in [-0.05, 0) is 35.9 Å². The van der Waals surface area contributed by atoms with E-state index in [0.717, 1.165) is 10.0 Å². The third kappa shape index (κ3) is 4.89. The molecule has 0 unspecified atom stereocenters. The van der Waals surface area contributed by atoms with Crippen LogP contribution in [-0.2, 0) is 11.2 Å². The van der Waals surface area contributed by atoms with Crippen molar-refractivity contribution in [3.8, 4) is 0 Å². The van der Waals surface area contributed by atoms with Crippen LogP contribution in [0.15, 0.2) is 53.0 Å². The highest BCUT2D eigenvalue weighted by atomic mass is 79.9. The molecule has 6 heteroatoms. The normalized spacial score (nSPS) is 9.91. The van der Waals surface area contributed by atoms with E-state index in [1.54, 1.807) is 31.3 Å². The van der Waals surface area contributed by atoms with Crippen LogP contribution in [-0.4, -0.2) is 19.0 Å². The molecule has 0 saturated carbocycles. The van der Waals surface area contributed by atoms with Crippen molar-refractivity contribution in [1.82, 2.24) is 5.32 Å². The first-order chi connectivity index (χ1) is 10.6. The standard InChI is InChI=1S/C16H16BrN3O2/c1-18-16(22)20-14-4-2-3-13(10-14)19-15(21)9-11-5-7-12(17)8-6-11/h2-8,10H,9H2,1H3,(H,19,21)(H2,18,20,22). The highest BCUT2D eigenvalue weighted by Crippen LogP contribution is 2.16. The monoisotopic (exact) mass is 361 g/mol. The summed E-state index contributed by atoms with van der Waals surface area (Å²) in [6.45, 7) is 0. The van der Waals surface area contributed by atoms with Crippen LogP contribution in [0.5, 0.6) is 0 Å². The lowest BCUT2D eigenvalue weighted by Crippen LogP contribution is -2.24. The highest BCUT2D eigenvalue weighted by molar-refractivity contribution is 9.10. The zero-order valence-corrected chi connectivity index (χ0v) is 13.6. The second kappa shape index (κ2) is 7.61. The van der Waals surface area contributed by atoms with E-state index in [1.165, 1.54) is 0 Å². The quantitative estimate of drug-likeness (QED) is 0.780. The molecule has 0 aliphatic heterocycles. The predicted octanol–water partition coefficient (Wildman–Crippen LogP) is 3.38. The van der Waals surface area contributed by atoms with Crippen LogP contribution in [0.25, 0.3) is 0 Å². The summed E-state index contributed by atoms with van der Waals surface area (Å²) in [7, 11) is 1.54. The van der Waals surface area contributed by atoms with Crippen molar-refractivity contribution in [3.05, 3.63) is 58.6 Å². The maximum absolute atomic E-state index is 12.0. The largest absolute Gasteiger partial charge is 0.341 e. The Bertz CT molecular complexity index is 671. The van der Waals surface area contributed by atoms with Crippen molar-refractivity contribution in [1.29, 1.82) is 0 Å². The van der Waals surface area contributed by atoms with E-state index in [0.29, 0.717) is 17.8 Å². The maximum atomic E-state index is 12.0. The van der Waals surface area contributed by atoms with Gasteiger partial charge in [0.15, 0.2) is 0 Å². The fourth-order valence-corrected chi connectivity index (χ4v) is 2.13. The Kier molecular flexibility index (Phi) is 5.55. The van der Waals surface area contributed by atoms with E-state index < -0.39 is 0 Å². The van der Waals surface area contributed by atoms with Crippen molar-refractivity contribution < 1.29 is 9.59 Å². The van der Waals surface area contributed by atoms with Crippen LogP contribution in [0.2, 0.25) is 0 Å². The molecule has 0 bridgehead atoms. The Hall–Kier alpha value is -2.34. The van der Waals surface area contributed by atoms with Crippen LogP contribution >= 0.6 is 15.9 Å². The molecule has 3 N–H and O–H groups in total. The van der Waals surface area contributed by atoms with Crippen molar-refractivity contribution >= 4 is 39.2 Å². The van der Waals surface area contributed by atoms with Crippen molar-refractivity contribution in [2.75, 3.05) is 17.7 Å². The number of carbonyl (C=O) groups excluding carboxylic acids is 2. The minimum absolute atomic E-state index is 0.112. The van der Waals surface area contributed by atoms with Gasteiger partial charge in [-0.15, -0.1) is 0 Å². The second-order valence-corrected chi connectivity index (χ2v) is 5.55. The summed E-state index contributed by atoms with van der Waals surface area (Å²) in [6, 6.07) is 14.3. The molecule has 0 aliphatic carbocycles. The summed E-state index contributed by atoms with van der Waals surface area (Å²) in [5.41, 5.74) is 2.18. The third-order valence-electron chi connectivity index (χ3n) is 2.91. The van der Waals surface area contributed by atoms with Gasteiger partial charge in [-0.25, -0.2) is 4.79 Å². The Morgan fingerprint density at radius 2 is 1.64 bits per heavy atom. The van der Waals surface area contributed by atoms with E-state index in [9.17, 15) is 9.59 Å². The summed E-state index contributed by atoms with van der Waals surface area (Å²) in [6.07, 6.45) is 0.292. The molecule has 2 aromatic rings. The van der Waals surface area contributed by atoms with E-state index in [4.69, 9.17) is 0 Å². The third-order valence-corrected chi connectivity index (χ3v) is 3.44. The summed E-state index contributed by atoms with van der Waals surface area (Å²) in [4.78, 5) is 23.3. The molecule has 0 fully saturated rings. The number of rotatable bonds is 4. The molecule has 0 atom stereocenters. The summed E-state index contributed by atoms with van der Waals surface area (Å²) in [5.74, 6) is -0.112. The first kappa shape index (κ1) is 16.0. The van der Waals surface area contributed by atoms with Crippen molar-refractivity contribution in [2.24, 2.45) is 0 Å². The topological polar surface area (TPSA) is 70.2 Å². The van der Waals surface area contributed by atoms with Crippen molar-refractivity contribution in [2.45, 2.75) is 6.42 Å². The number of benzene rings is 2. The number of anilines is 2. The average molecular weight is 362 g/mol. The minimum Gasteiger partial charge on any atom is -0.341 e. The molecule has 5 nitrogen and oxygen atoms in total. The SMILES string of the molecule is CNC(=O)Nc1cccc(NC(=O)Cc2ccc(Br)cc2)c1. The lowest BCUT2D eigenvalue weighted by molar-refractivity contribution is -0.115. The number of hydrogen-bond donors (Lipinski definition) is 3. The molecular formula is C16H16BrN3O2. The lowest BCUT2D eigenvalue weighted by atomic mass is 10.1. The van der Waals surface area contributed by atoms with E-state index >= 15 is 0 Å². The average Bonchev–Trinajstić information content (AvgIpc) is 2.49. The zero-order valence-electron chi connectivity index (χ0n) is 12.0. The van der Waals surface area contributed by atoms with Gasteiger partial charge in [0.05, 0.1) is 6.42 Å². The molecule has 22 heavy (non-hydrogen) atoms. The maximum Gasteiger partial charge on any atom is 0.318 e. The molecule has 0 radical (unpaired) electrons. The first-order valence-corrected chi connectivity index (χ1v) is 7.49. The molecule has 0 aromatic heterocycles. The molecular weight excluding hydrogens is 346 g/mol. The zero-order chi connectivity index (χ0) is 15.9. The van der Waals surface area contributed by atoms with Gasteiger partial charge in [-0.2, -0.15) is 0 Å². The summed E-state index contributed by atoms with van der Waals surface area (Å²) < 4.78 is 0.977. The molecule has 2 rings (SSSR count). The van der Waals surface area contributed by atoms with E-state index in [1.807, 2.05) is 24.3 Å². The molecule has 0 spiro atoms. The lowest BCUT2D eigenvalue weighted by Gasteiger charge is -2.08. The molecule has 114 valence electrons. The van der Waals surface area contributed by atoms with Crippen LogP contribution in [0, 0.1) is 0 Å². The number of urea groups is 1. The van der Waals surface area contributed by atoms with Crippen LogP contribution in [0.4, 0.5) is 16.2 Å². The molecule has 0 saturated heterocycles. The van der Waals surface area contributed by atoms with Gasteiger partial charge in [0, 0.05) is 22.9 Å². The minimum atomic E-state index is -0.307. The van der Waals surface area contributed by atoms with Gasteiger partial charge < -0.3 is 16.0 Å². The van der Waals surface area contributed by atoms with Crippen LogP contribution in [0.1, 0.15) is 5.56 Å². The summed E-state index contributed by atoms with van der Waals surface area (Å²) in [5, 5.41) is 7.94. The number of amides is 3. The first-order valence-electron chi connectivity index (χ1n) is 6.70. The molecule has 0 aliphatic rings. The predicted molar refractivity (Wildman–Crippen MR) is 91.0 cm³/mol. The Balaban J connectivity index is 1.97.